The average Bonchev–Trinajstić information content (AvgIpc) is 2.97. The van der Waals surface area contributed by atoms with Crippen LogP contribution in [0.1, 0.15) is 98.8 Å². The molecule has 0 atom stereocenters. The van der Waals surface area contributed by atoms with E-state index in [1.54, 1.807) is 66.7 Å². The summed E-state index contributed by atoms with van der Waals surface area (Å²) in [6.45, 7) is 5.72. The highest BCUT2D eigenvalue weighted by atomic mass is 16.5. The number of carbonyl (C=O) groups excluding carboxylic acids is 2. The second-order valence-electron chi connectivity index (χ2n) is 9.83. The van der Waals surface area contributed by atoms with Gasteiger partial charge in [0.15, 0.2) is 0 Å². The van der Waals surface area contributed by atoms with Gasteiger partial charge in [-0.3, -0.25) is 0 Å². The van der Waals surface area contributed by atoms with Crippen LogP contribution in [0.25, 0.3) is 0 Å². The first-order valence-electron chi connectivity index (χ1n) is 14.6. The van der Waals surface area contributed by atoms with Gasteiger partial charge in [0, 0.05) is 6.07 Å². The maximum absolute atomic E-state index is 12.6. The third-order valence-electron chi connectivity index (χ3n) is 6.44. The summed E-state index contributed by atoms with van der Waals surface area (Å²) in [5.74, 6) is 1.01. The molecular formula is C34H42O6. The first-order chi connectivity index (χ1) is 19.6. The van der Waals surface area contributed by atoms with Crippen molar-refractivity contribution in [2.24, 2.45) is 0 Å². The molecule has 0 aliphatic rings. The Bertz CT molecular complexity index is 1070. The molecule has 0 radical (unpaired) electrons. The van der Waals surface area contributed by atoms with Gasteiger partial charge in [0.25, 0.3) is 0 Å². The minimum Gasteiger partial charge on any atom is -0.494 e. The first kappa shape index (κ1) is 30.7. The number of ether oxygens (including phenoxy) is 4. The molecule has 214 valence electrons. The minimum atomic E-state index is -0.504. The molecule has 0 spiro atoms. The molecule has 0 fully saturated rings. The van der Waals surface area contributed by atoms with Gasteiger partial charge in [-0.2, -0.15) is 0 Å². The van der Waals surface area contributed by atoms with E-state index in [4.69, 9.17) is 18.9 Å². The van der Waals surface area contributed by atoms with Gasteiger partial charge in [0.05, 0.1) is 24.3 Å². The molecular weight excluding hydrogens is 504 g/mol. The number of hydrogen-bond donors (Lipinski definition) is 0. The first-order valence-corrected chi connectivity index (χ1v) is 14.6. The largest absolute Gasteiger partial charge is 0.494 e. The Labute approximate surface area is 238 Å². The van der Waals surface area contributed by atoms with Crippen molar-refractivity contribution in [3.63, 3.8) is 0 Å². The highest BCUT2D eigenvalue weighted by Crippen LogP contribution is 2.23. The molecule has 0 bridgehead atoms. The van der Waals surface area contributed by atoms with E-state index in [1.807, 2.05) is 0 Å². The van der Waals surface area contributed by atoms with Gasteiger partial charge >= 0.3 is 11.9 Å². The van der Waals surface area contributed by atoms with E-state index in [-0.39, 0.29) is 11.5 Å². The third kappa shape index (κ3) is 11.1. The Morgan fingerprint density at radius 1 is 0.500 bits per heavy atom. The Kier molecular flexibility index (Phi) is 13.6. The monoisotopic (exact) mass is 546 g/mol. The molecule has 3 aromatic rings. The fourth-order valence-electron chi connectivity index (χ4n) is 4.10. The van der Waals surface area contributed by atoms with Crippen molar-refractivity contribution in [1.29, 1.82) is 0 Å². The van der Waals surface area contributed by atoms with E-state index in [1.165, 1.54) is 44.6 Å². The lowest BCUT2D eigenvalue weighted by Gasteiger charge is -2.09. The van der Waals surface area contributed by atoms with E-state index in [2.05, 4.69) is 13.8 Å². The van der Waals surface area contributed by atoms with Gasteiger partial charge in [-0.25, -0.2) is 9.59 Å². The van der Waals surface area contributed by atoms with Crippen LogP contribution in [0.4, 0.5) is 0 Å². The lowest BCUT2D eigenvalue weighted by molar-refractivity contribution is 0.0733. The topological polar surface area (TPSA) is 71.1 Å². The van der Waals surface area contributed by atoms with Gasteiger partial charge in [-0.15, -0.1) is 0 Å². The SMILES string of the molecule is CCCCCCCOc1ccc(C(=O)Oc2cccc(OC(=O)c3ccc(OCCCCCCC)cc3)c2)cc1. The summed E-state index contributed by atoms with van der Waals surface area (Å²) in [5, 5.41) is 0. The Morgan fingerprint density at radius 3 is 1.30 bits per heavy atom. The molecule has 0 saturated heterocycles. The molecule has 0 aromatic heterocycles. The van der Waals surface area contributed by atoms with Gasteiger partial charge in [0.1, 0.15) is 23.0 Å². The van der Waals surface area contributed by atoms with Crippen LogP contribution in [-0.2, 0) is 0 Å². The number of hydrogen-bond acceptors (Lipinski definition) is 6. The van der Waals surface area contributed by atoms with Crippen LogP contribution in [0.3, 0.4) is 0 Å². The minimum absolute atomic E-state index is 0.283. The van der Waals surface area contributed by atoms with Crippen molar-refractivity contribution in [2.45, 2.75) is 78.1 Å². The molecule has 0 N–H and O–H groups in total. The predicted octanol–water partition coefficient (Wildman–Crippen LogP) is 8.82. The maximum atomic E-state index is 12.6. The predicted molar refractivity (Wildman–Crippen MR) is 158 cm³/mol. The zero-order chi connectivity index (χ0) is 28.4. The molecule has 0 saturated carbocycles. The van der Waals surface area contributed by atoms with Crippen LogP contribution in [0, 0.1) is 0 Å². The van der Waals surface area contributed by atoms with Crippen LogP contribution in [-0.4, -0.2) is 25.2 Å². The van der Waals surface area contributed by atoms with Gasteiger partial charge in [-0.1, -0.05) is 71.3 Å². The van der Waals surface area contributed by atoms with E-state index in [0.29, 0.717) is 24.3 Å². The Balaban J connectivity index is 1.44. The third-order valence-corrected chi connectivity index (χ3v) is 6.44. The molecule has 3 rings (SSSR count). The summed E-state index contributed by atoms with van der Waals surface area (Å²) in [6, 6.07) is 20.3. The molecule has 6 heteroatoms. The number of carbonyl (C=O) groups is 2. The quantitative estimate of drug-likeness (QED) is 0.0902. The van der Waals surface area contributed by atoms with Crippen LogP contribution < -0.4 is 18.9 Å². The van der Waals surface area contributed by atoms with E-state index >= 15 is 0 Å². The van der Waals surface area contributed by atoms with Gasteiger partial charge < -0.3 is 18.9 Å². The molecule has 40 heavy (non-hydrogen) atoms. The van der Waals surface area contributed by atoms with Crippen molar-refractivity contribution in [2.75, 3.05) is 13.2 Å². The second-order valence-corrected chi connectivity index (χ2v) is 9.83. The molecule has 0 unspecified atom stereocenters. The summed E-state index contributed by atoms with van der Waals surface area (Å²) in [6.07, 6.45) is 11.8. The van der Waals surface area contributed by atoms with E-state index in [0.717, 1.165) is 37.2 Å². The zero-order valence-electron chi connectivity index (χ0n) is 23.9. The number of benzene rings is 3. The summed E-state index contributed by atoms with van der Waals surface area (Å²) in [7, 11) is 0. The lowest BCUT2D eigenvalue weighted by Crippen LogP contribution is -2.10. The summed E-state index contributed by atoms with van der Waals surface area (Å²) in [5.41, 5.74) is 0.807. The fourth-order valence-corrected chi connectivity index (χ4v) is 4.10. The molecule has 0 amide bonds. The normalized spacial score (nSPS) is 10.7. The van der Waals surface area contributed by atoms with Gasteiger partial charge in [0.2, 0.25) is 0 Å². The van der Waals surface area contributed by atoms with Crippen molar-refractivity contribution < 1.29 is 28.5 Å². The maximum Gasteiger partial charge on any atom is 0.343 e. The van der Waals surface area contributed by atoms with Gasteiger partial charge in [-0.05, 0) is 73.5 Å². The van der Waals surface area contributed by atoms with E-state index in [9.17, 15) is 9.59 Å². The number of esters is 2. The number of rotatable bonds is 18. The molecule has 0 aliphatic heterocycles. The summed E-state index contributed by atoms with van der Waals surface area (Å²) in [4.78, 5) is 25.3. The molecule has 6 nitrogen and oxygen atoms in total. The Hall–Kier alpha value is -3.80. The molecule has 0 aliphatic carbocycles. The van der Waals surface area contributed by atoms with Crippen molar-refractivity contribution in [1.82, 2.24) is 0 Å². The van der Waals surface area contributed by atoms with Crippen LogP contribution in [0.5, 0.6) is 23.0 Å². The number of unbranched alkanes of at least 4 members (excludes halogenated alkanes) is 8. The fraction of sp³-hybridized carbons (Fsp3) is 0.412. The molecule has 0 heterocycles. The van der Waals surface area contributed by atoms with Crippen LogP contribution in [0.2, 0.25) is 0 Å². The molecule has 3 aromatic carbocycles. The average molecular weight is 547 g/mol. The lowest BCUT2D eigenvalue weighted by atomic mass is 10.2. The summed E-state index contributed by atoms with van der Waals surface area (Å²) >= 11 is 0. The highest BCUT2D eigenvalue weighted by Gasteiger charge is 2.12. The van der Waals surface area contributed by atoms with Crippen molar-refractivity contribution in [3.8, 4) is 23.0 Å². The van der Waals surface area contributed by atoms with Crippen molar-refractivity contribution >= 4 is 11.9 Å². The highest BCUT2D eigenvalue weighted by molar-refractivity contribution is 5.92. The summed E-state index contributed by atoms with van der Waals surface area (Å²) < 4.78 is 22.5. The van der Waals surface area contributed by atoms with Crippen molar-refractivity contribution in [3.05, 3.63) is 83.9 Å². The smallest absolute Gasteiger partial charge is 0.343 e. The van der Waals surface area contributed by atoms with E-state index < -0.39 is 11.9 Å². The van der Waals surface area contributed by atoms with Crippen LogP contribution in [0.15, 0.2) is 72.8 Å². The standard InChI is InChI=1S/C34H42O6/c1-3-5-7-9-11-24-37-29-20-16-27(17-21-29)33(35)39-31-14-13-15-32(26-31)40-34(36)28-18-22-30(23-19-28)38-25-12-10-8-6-4-2/h13-23,26H,3-12,24-25H2,1-2H3. The Morgan fingerprint density at radius 2 is 0.900 bits per heavy atom. The van der Waals surface area contributed by atoms with Crippen LogP contribution >= 0.6 is 0 Å². The zero-order valence-corrected chi connectivity index (χ0v) is 23.9. The second kappa shape index (κ2) is 17.7.